The van der Waals surface area contributed by atoms with Crippen molar-refractivity contribution in [2.75, 3.05) is 7.11 Å². The van der Waals surface area contributed by atoms with E-state index < -0.39 is 58.4 Å². The van der Waals surface area contributed by atoms with Gasteiger partial charge in [0.1, 0.15) is 34.1 Å². The Morgan fingerprint density at radius 2 is 1.15 bits per heavy atom. The molecule has 1 atom stereocenters. The van der Waals surface area contributed by atoms with Gasteiger partial charge in [-0.05, 0) is 78.7 Å². The maximum absolute atomic E-state index is 13.5. The molecule has 0 unspecified atom stereocenters. The smallest absolute Gasteiger partial charge is 0.408 e. The maximum Gasteiger partial charge on any atom is 0.408 e. The standard InChI is InChI=1S/C35H45N5O8/c1-22(27(41)37-26(21-24-18-14-11-15-19-24)29(43)39-35(7,8)31(45)47-9)36-28(42)25(20-23-16-12-10-13-17-23)38-30(44)34(5,6)40-32(46)48-33(2,3)4/h10-22H,1-9H3,(H,36,42)(H,37,41)(H,38,44)(H,39,43)(H,40,46)/b25-20+,26-21-/t22-/m0/s1. The topological polar surface area (TPSA) is 181 Å². The van der Waals surface area contributed by atoms with Crippen LogP contribution in [-0.2, 0) is 33.4 Å². The van der Waals surface area contributed by atoms with Crippen molar-refractivity contribution in [1.82, 2.24) is 26.6 Å². The van der Waals surface area contributed by atoms with Gasteiger partial charge in [0, 0.05) is 0 Å². The fourth-order valence-electron chi connectivity index (χ4n) is 3.88. The lowest BCUT2D eigenvalue weighted by Gasteiger charge is -2.28. The lowest BCUT2D eigenvalue weighted by Crippen LogP contribution is -2.56. The maximum atomic E-state index is 13.5. The summed E-state index contributed by atoms with van der Waals surface area (Å²) in [6.07, 6.45) is 1.99. The van der Waals surface area contributed by atoms with E-state index in [2.05, 4.69) is 26.6 Å². The highest BCUT2D eigenvalue weighted by Gasteiger charge is 2.34. The minimum absolute atomic E-state index is 0.201. The fraction of sp³-hybridized carbons (Fsp3) is 0.371. The molecule has 0 radical (unpaired) electrons. The van der Waals surface area contributed by atoms with Crippen molar-refractivity contribution in [1.29, 1.82) is 0 Å². The molecule has 0 aliphatic carbocycles. The molecule has 48 heavy (non-hydrogen) atoms. The predicted octanol–water partition coefficient (Wildman–Crippen LogP) is 3.18. The van der Waals surface area contributed by atoms with Gasteiger partial charge in [0.25, 0.3) is 11.8 Å². The van der Waals surface area contributed by atoms with Crippen LogP contribution in [0.5, 0.6) is 0 Å². The highest BCUT2D eigenvalue weighted by atomic mass is 16.6. The number of methoxy groups -OCH3 is 1. The predicted molar refractivity (Wildman–Crippen MR) is 180 cm³/mol. The second-order valence-electron chi connectivity index (χ2n) is 12.9. The molecular formula is C35H45N5O8. The molecule has 13 nitrogen and oxygen atoms in total. The van der Waals surface area contributed by atoms with Crippen LogP contribution < -0.4 is 26.6 Å². The Morgan fingerprint density at radius 3 is 1.60 bits per heavy atom. The Bertz CT molecular complexity index is 1560. The van der Waals surface area contributed by atoms with Crippen molar-refractivity contribution in [3.05, 3.63) is 83.2 Å². The molecule has 0 aromatic heterocycles. The van der Waals surface area contributed by atoms with Gasteiger partial charge in [-0.2, -0.15) is 0 Å². The Labute approximate surface area is 280 Å². The lowest BCUT2D eigenvalue weighted by atomic mass is 10.0. The van der Waals surface area contributed by atoms with Crippen LogP contribution in [0.4, 0.5) is 4.79 Å². The SMILES string of the molecule is COC(=O)C(C)(C)NC(=O)/C(=C/c1ccccc1)NC(=O)[C@H](C)NC(=O)/C(=C\c1ccccc1)NC(=O)C(C)(C)NC(=O)OC(C)(C)C. The molecule has 0 aliphatic rings. The number of esters is 1. The first-order valence-electron chi connectivity index (χ1n) is 15.1. The Hall–Kier alpha value is -5.46. The van der Waals surface area contributed by atoms with E-state index in [4.69, 9.17) is 9.47 Å². The monoisotopic (exact) mass is 663 g/mol. The van der Waals surface area contributed by atoms with Gasteiger partial charge in [-0.25, -0.2) is 9.59 Å². The van der Waals surface area contributed by atoms with Gasteiger partial charge in [-0.1, -0.05) is 60.7 Å². The van der Waals surface area contributed by atoms with E-state index in [0.29, 0.717) is 11.1 Å². The van der Waals surface area contributed by atoms with Crippen LogP contribution >= 0.6 is 0 Å². The zero-order chi connectivity index (χ0) is 36.3. The van der Waals surface area contributed by atoms with E-state index in [1.165, 1.54) is 53.9 Å². The third kappa shape index (κ3) is 12.4. The van der Waals surface area contributed by atoms with Crippen LogP contribution in [0, 0.1) is 0 Å². The Balaban J connectivity index is 2.31. The molecule has 0 bridgehead atoms. The Kier molecular flexibility index (Phi) is 13.2. The number of hydrogen-bond acceptors (Lipinski definition) is 8. The summed E-state index contributed by atoms with van der Waals surface area (Å²) in [5.74, 6) is -3.81. The second-order valence-corrected chi connectivity index (χ2v) is 12.9. The van der Waals surface area contributed by atoms with Crippen LogP contribution in [-0.4, -0.2) is 65.5 Å². The van der Waals surface area contributed by atoms with Gasteiger partial charge in [-0.3, -0.25) is 19.2 Å². The average Bonchev–Trinajstić information content (AvgIpc) is 2.99. The highest BCUT2D eigenvalue weighted by molar-refractivity contribution is 6.07. The summed E-state index contributed by atoms with van der Waals surface area (Å²) in [7, 11) is 1.19. The molecule has 0 aliphatic heterocycles. The van der Waals surface area contributed by atoms with Crippen molar-refractivity contribution < 1.29 is 38.2 Å². The first kappa shape index (κ1) is 38.7. The third-order valence-corrected chi connectivity index (χ3v) is 6.46. The first-order chi connectivity index (χ1) is 22.2. The highest BCUT2D eigenvalue weighted by Crippen LogP contribution is 2.13. The number of benzene rings is 2. The Morgan fingerprint density at radius 1 is 0.667 bits per heavy atom. The van der Waals surface area contributed by atoms with Gasteiger partial charge in [0.2, 0.25) is 11.8 Å². The van der Waals surface area contributed by atoms with Crippen LogP contribution in [0.15, 0.2) is 72.1 Å². The molecule has 5 N–H and O–H groups in total. The molecule has 0 saturated carbocycles. The normalized spacial score (nSPS) is 12.9. The number of carbonyl (C=O) groups excluding carboxylic acids is 6. The van der Waals surface area contributed by atoms with Gasteiger partial charge >= 0.3 is 12.1 Å². The van der Waals surface area contributed by atoms with E-state index in [0.717, 1.165) is 0 Å². The minimum Gasteiger partial charge on any atom is -0.467 e. The molecule has 5 amide bonds. The zero-order valence-electron chi connectivity index (χ0n) is 28.8. The van der Waals surface area contributed by atoms with Gasteiger partial charge in [0.15, 0.2) is 0 Å². The van der Waals surface area contributed by atoms with E-state index in [9.17, 15) is 28.8 Å². The molecule has 258 valence electrons. The van der Waals surface area contributed by atoms with E-state index in [1.54, 1.807) is 81.4 Å². The molecule has 0 saturated heterocycles. The molecule has 2 aromatic rings. The number of ether oxygens (including phenoxy) is 2. The quantitative estimate of drug-likeness (QED) is 0.170. The van der Waals surface area contributed by atoms with Gasteiger partial charge in [-0.15, -0.1) is 0 Å². The summed E-state index contributed by atoms with van der Waals surface area (Å²) in [6.45, 7) is 12.2. The summed E-state index contributed by atoms with van der Waals surface area (Å²) in [4.78, 5) is 78.0. The number of rotatable bonds is 12. The minimum atomic E-state index is -1.51. The number of amides is 5. The van der Waals surface area contributed by atoms with E-state index in [-0.39, 0.29) is 11.4 Å². The largest absolute Gasteiger partial charge is 0.467 e. The zero-order valence-corrected chi connectivity index (χ0v) is 28.8. The molecule has 0 heterocycles. The molecule has 2 aromatic carbocycles. The first-order valence-corrected chi connectivity index (χ1v) is 15.1. The number of nitrogens with one attached hydrogen (secondary N) is 5. The fourth-order valence-corrected chi connectivity index (χ4v) is 3.88. The average molecular weight is 664 g/mol. The number of carbonyl (C=O) groups is 6. The number of hydrogen-bond donors (Lipinski definition) is 5. The van der Waals surface area contributed by atoms with Gasteiger partial charge < -0.3 is 36.1 Å². The summed E-state index contributed by atoms with van der Waals surface area (Å²) in [5, 5.41) is 12.6. The summed E-state index contributed by atoms with van der Waals surface area (Å²) in [6, 6.07) is 16.1. The number of alkyl carbamates (subject to hydrolysis) is 1. The third-order valence-electron chi connectivity index (χ3n) is 6.46. The summed E-state index contributed by atoms with van der Waals surface area (Å²) in [5.41, 5.74) is -3.02. The van der Waals surface area contributed by atoms with E-state index in [1.807, 2.05) is 0 Å². The summed E-state index contributed by atoms with van der Waals surface area (Å²) >= 11 is 0. The lowest BCUT2D eigenvalue weighted by molar-refractivity contribution is -0.149. The van der Waals surface area contributed by atoms with Crippen LogP contribution in [0.1, 0.15) is 66.5 Å². The van der Waals surface area contributed by atoms with Gasteiger partial charge in [0.05, 0.1) is 7.11 Å². The summed E-state index contributed by atoms with van der Waals surface area (Å²) < 4.78 is 10.0. The second kappa shape index (κ2) is 16.4. The molecule has 2 rings (SSSR count). The van der Waals surface area contributed by atoms with E-state index >= 15 is 0 Å². The van der Waals surface area contributed by atoms with Crippen molar-refractivity contribution in [3.63, 3.8) is 0 Å². The molecular weight excluding hydrogens is 618 g/mol. The van der Waals surface area contributed by atoms with Crippen LogP contribution in [0.25, 0.3) is 12.2 Å². The van der Waals surface area contributed by atoms with Crippen molar-refractivity contribution in [2.24, 2.45) is 0 Å². The van der Waals surface area contributed by atoms with Crippen LogP contribution in [0.2, 0.25) is 0 Å². The van der Waals surface area contributed by atoms with Crippen molar-refractivity contribution >= 4 is 47.8 Å². The van der Waals surface area contributed by atoms with Crippen LogP contribution in [0.3, 0.4) is 0 Å². The molecule has 0 fully saturated rings. The molecule has 0 spiro atoms. The van der Waals surface area contributed by atoms with Crippen molar-refractivity contribution in [2.45, 2.75) is 78.1 Å². The van der Waals surface area contributed by atoms with Crippen molar-refractivity contribution in [3.8, 4) is 0 Å². The molecule has 13 heteroatoms.